The van der Waals surface area contributed by atoms with Gasteiger partial charge in [-0.1, -0.05) is 43.5 Å². The summed E-state index contributed by atoms with van der Waals surface area (Å²) in [6.45, 7) is 5.40. The van der Waals surface area contributed by atoms with Crippen molar-refractivity contribution in [1.29, 1.82) is 0 Å². The van der Waals surface area contributed by atoms with Gasteiger partial charge in [-0.05, 0) is 61.5 Å². The summed E-state index contributed by atoms with van der Waals surface area (Å²) in [4.78, 5) is 17.6. The maximum Gasteiger partial charge on any atom is 0.225 e. The van der Waals surface area contributed by atoms with Gasteiger partial charge in [-0.25, -0.2) is 0 Å². The fourth-order valence-electron chi connectivity index (χ4n) is 6.41. The molecular formula is C29H46N2O4. The van der Waals surface area contributed by atoms with Crippen LogP contribution in [0.3, 0.4) is 0 Å². The number of methoxy groups -OCH3 is 2. The van der Waals surface area contributed by atoms with Crippen molar-refractivity contribution in [1.82, 2.24) is 9.80 Å². The first-order valence-corrected chi connectivity index (χ1v) is 13.9. The summed E-state index contributed by atoms with van der Waals surface area (Å²) in [5.74, 6) is 2.08. The fraction of sp³-hybridized carbons (Fsp3) is 0.759. The summed E-state index contributed by atoms with van der Waals surface area (Å²) in [5.41, 5.74) is 2.75. The second kappa shape index (κ2) is 13.7. The molecule has 2 aliphatic carbocycles. The summed E-state index contributed by atoms with van der Waals surface area (Å²) in [5, 5.41) is 0. The van der Waals surface area contributed by atoms with Crippen LogP contribution in [0.5, 0.6) is 0 Å². The zero-order valence-corrected chi connectivity index (χ0v) is 22.0. The average Bonchev–Trinajstić information content (AvgIpc) is 3.62. The Morgan fingerprint density at radius 2 is 1.66 bits per heavy atom. The molecule has 1 aromatic carbocycles. The van der Waals surface area contributed by atoms with E-state index in [1.54, 1.807) is 14.2 Å². The van der Waals surface area contributed by atoms with Gasteiger partial charge in [0, 0.05) is 39.9 Å². The van der Waals surface area contributed by atoms with Crippen LogP contribution in [0.2, 0.25) is 0 Å². The lowest BCUT2D eigenvalue weighted by atomic mass is 10.0. The number of hydrogen-bond acceptors (Lipinski definition) is 5. The topological polar surface area (TPSA) is 51.2 Å². The lowest BCUT2D eigenvalue weighted by molar-refractivity contribution is -0.150. The van der Waals surface area contributed by atoms with Gasteiger partial charge in [0.25, 0.3) is 0 Å². The van der Waals surface area contributed by atoms with Crippen LogP contribution in [0.15, 0.2) is 24.3 Å². The average molecular weight is 487 g/mol. The van der Waals surface area contributed by atoms with Gasteiger partial charge in [0.15, 0.2) is 6.29 Å². The summed E-state index contributed by atoms with van der Waals surface area (Å²) in [7, 11) is 3.25. The van der Waals surface area contributed by atoms with Gasteiger partial charge in [0.05, 0.1) is 26.2 Å². The molecule has 1 aromatic rings. The molecule has 0 spiro atoms. The van der Waals surface area contributed by atoms with E-state index in [4.69, 9.17) is 14.2 Å². The summed E-state index contributed by atoms with van der Waals surface area (Å²) in [6.07, 6.45) is 10.9. The molecule has 2 saturated carbocycles. The van der Waals surface area contributed by atoms with Crippen LogP contribution >= 0.6 is 0 Å². The van der Waals surface area contributed by atoms with Gasteiger partial charge in [-0.3, -0.25) is 4.79 Å². The Kier molecular flexibility index (Phi) is 10.4. The van der Waals surface area contributed by atoms with Gasteiger partial charge in [0.2, 0.25) is 5.91 Å². The zero-order chi connectivity index (χ0) is 24.5. The molecule has 1 amide bonds. The van der Waals surface area contributed by atoms with Gasteiger partial charge in [-0.15, -0.1) is 0 Å². The zero-order valence-electron chi connectivity index (χ0n) is 22.0. The van der Waals surface area contributed by atoms with Crippen molar-refractivity contribution in [2.75, 3.05) is 53.6 Å². The van der Waals surface area contributed by atoms with E-state index in [9.17, 15) is 4.79 Å². The van der Waals surface area contributed by atoms with E-state index >= 15 is 0 Å². The Hall–Kier alpha value is -1.47. The molecule has 3 fully saturated rings. The van der Waals surface area contributed by atoms with Crippen molar-refractivity contribution in [3.05, 3.63) is 35.4 Å². The number of likely N-dealkylation sites (tertiary alicyclic amines) is 1. The van der Waals surface area contributed by atoms with Gasteiger partial charge in [-0.2, -0.15) is 0 Å². The Labute approximate surface area is 212 Å². The molecule has 0 N–H and O–H groups in total. The van der Waals surface area contributed by atoms with E-state index in [0.29, 0.717) is 32.2 Å². The Balaban J connectivity index is 1.15. The Morgan fingerprint density at radius 1 is 0.971 bits per heavy atom. The number of nitrogens with zero attached hydrogens (tertiary/aromatic N) is 2. The molecule has 3 aliphatic rings. The van der Waals surface area contributed by atoms with Crippen molar-refractivity contribution < 1.29 is 19.0 Å². The van der Waals surface area contributed by atoms with Crippen LogP contribution in [-0.4, -0.2) is 81.7 Å². The number of benzene rings is 1. The van der Waals surface area contributed by atoms with Gasteiger partial charge < -0.3 is 24.0 Å². The van der Waals surface area contributed by atoms with Gasteiger partial charge >= 0.3 is 0 Å². The van der Waals surface area contributed by atoms with Crippen molar-refractivity contribution >= 4 is 5.91 Å². The molecule has 6 heteroatoms. The number of amides is 1. The van der Waals surface area contributed by atoms with E-state index in [1.807, 2.05) is 4.90 Å². The van der Waals surface area contributed by atoms with E-state index < -0.39 is 0 Å². The smallest absolute Gasteiger partial charge is 0.225 e. The minimum absolute atomic E-state index is 0.143. The monoisotopic (exact) mass is 486 g/mol. The predicted molar refractivity (Wildman–Crippen MR) is 138 cm³/mol. The molecule has 1 saturated heterocycles. The SMILES string of the molecule is COC(CN(C(=O)CCOCCc1cccc(CCN2C[C@H]3CCC[C@H]3C2)c1)C1CCCC1)OC. The van der Waals surface area contributed by atoms with E-state index in [2.05, 4.69) is 29.2 Å². The Morgan fingerprint density at radius 3 is 2.34 bits per heavy atom. The minimum atomic E-state index is -0.377. The summed E-state index contributed by atoms with van der Waals surface area (Å²) >= 11 is 0. The molecule has 0 radical (unpaired) electrons. The second-order valence-electron chi connectivity index (χ2n) is 10.8. The highest BCUT2D eigenvalue weighted by atomic mass is 16.7. The van der Waals surface area contributed by atoms with Crippen LogP contribution in [-0.2, 0) is 31.8 Å². The number of fused-ring (bicyclic) bond motifs is 1. The highest BCUT2D eigenvalue weighted by Crippen LogP contribution is 2.37. The minimum Gasteiger partial charge on any atom is -0.381 e. The van der Waals surface area contributed by atoms with E-state index in [0.717, 1.165) is 37.5 Å². The predicted octanol–water partition coefficient (Wildman–Crippen LogP) is 4.30. The lowest BCUT2D eigenvalue weighted by Gasteiger charge is -2.31. The van der Waals surface area contributed by atoms with Crippen LogP contribution < -0.4 is 0 Å². The highest BCUT2D eigenvalue weighted by Gasteiger charge is 2.35. The van der Waals surface area contributed by atoms with Crippen LogP contribution in [0.25, 0.3) is 0 Å². The molecule has 35 heavy (non-hydrogen) atoms. The summed E-state index contributed by atoms with van der Waals surface area (Å²) < 4.78 is 16.6. The van der Waals surface area contributed by atoms with Crippen LogP contribution in [0.4, 0.5) is 0 Å². The molecule has 1 heterocycles. The largest absolute Gasteiger partial charge is 0.381 e. The van der Waals surface area contributed by atoms with Crippen molar-refractivity contribution in [2.45, 2.75) is 76.5 Å². The summed E-state index contributed by atoms with van der Waals surface area (Å²) in [6, 6.07) is 9.26. The normalized spacial score (nSPS) is 22.8. The molecular weight excluding hydrogens is 440 g/mol. The van der Waals surface area contributed by atoms with E-state index in [-0.39, 0.29) is 12.2 Å². The molecule has 6 nitrogen and oxygen atoms in total. The first-order chi connectivity index (χ1) is 17.2. The fourth-order valence-corrected chi connectivity index (χ4v) is 6.41. The molecule has 196 valence electrons. The first-order valence-electron chi connectivity index (χ1n) is 13.9. The molecule has 0 aromatic heterocycles. The van der Waals surface area contributed by atoms with Crippen molar-refractivity contribution in [3.63, 3.8) is 0 Å². The van der Waals surface area contributed by atoms with Gasteiger partial charge in [0.1, 0.15) is 0 Å². The maximum absolute atomic E-state index is 13.0. The lowest BCUT2D eigenvalue weighted by Crippen LogP contribution is -2.44. The first kappa shape index (κ1) is 26.6. The highest BCUT2D eigenvalue weighted by molar-refractivity contribution is 5.76. The second-order valence-corrected chi connectivity index (χ2v) is 10.8. The van der Waals surface area contributed by atoms with Crippen molar-refractivity contribution in [2.24, 2.45) is 11.8 Å². The van der Waals surface area contributed by atoms with Crippen molar-refractivity contribution in [3.8, 4) is 0 Å². The molecule has 2 atom stereocenters. The quantitative estimate of drug-likeness (QED) is 0.290. The number of carbonyl (C=O) groups is 1. The molecule has 1 aliphatic heterocycles. The number of rotatable bonds is 14. The van der Waals surface area contributed by atoms with Crippen LogP contribution in [0, 0.1) is 11.8 Å². The van der Waals surface area contributed by atoms with E-state index in [1.165, 1.54) is 62.9 Å². The molecule has 4 rings (SSSR count). The maximum atomic E-state index is 13.0. The number of ether oxygens (including phenoxy) is 3. The molecule has 0 bridgehead atoms. The molecule has 0 unspecified atom stereocenters. The third kappa shape index (κ3) is 7.75. The third-order valence-electron chi connectivity index (χ3n) is 8.46. The van der Waals surface area contributed by atoms with Crippen LogP contribution in [0.1, 0.15) is 62.5 Å². The number of hydrogen-bond donors (Lipinski definition) is 0. The third-order valence-corrected chi connectivity index (χ3v) is 8.46. The number of carbonyl (C=O) groups excluding carboxylic acids is 1. The standard InChI is InChI=1S/C29H46N2O4/c1-33-29(34-2)22-31(27-11-3-4-12-27)28(32)15-18-35-17-14-24-8-5-7-23(19-24)13-16-30-20-25-9-6-10-26(25)21-30/h5,7-8,19,25-27,29H,3-4,6,9-18,20-22H2,1-2H3/t25-,26+. The Bertz CT molecular complexity index is 766.